The maximum atomic E-state index is 12.1. The topological polar surface area (TPSA) is 26.3 Å². The van der Waals surface area contributed by atoms with Crippen LogP contribution in [-0.2, 0) is 9.53 Å². The molecule has 0 aliphatic heterocycles. The van der Waals surface area contributed by atoms with Crippen molar-refractivity contribution < 1.29 is 9.53 Å². The van der Waals surface area contributed by atoms with Gasteiger partial charge in [0.05, 0.1) is 14.2 Å². The fourth-order valence-corrected chi connectivity index (χ4v) is 6.50. The average Bonchev–Trinajstić information content (AvgIpc) is 3.02. The van der Waals surface area contributed by atoms with Crippen LogP contribution in [0.2, 0.25) is 24.7 Å². The minimum absolute atomic E-state index is 0.197. The zero-order chi connectivity index (χ0) is 12.7. The summed E-state index contributed by atoms with van der Waals surface area (Å²) in [7, 11) is 0.564. The maximum absolute atomic E-state index is 12.1. The van der Waals surface area contributed by atoms with Gasteiger partial charge in [-0.2, -0.15) is 0 Å². The van der Waals surface area contributed by atoms with E-state index in [1.807, 2.05) is 7.11 Å². The van der Waals surface area contributed by atoms with Gasteiger partial charge in [0, 0.05) is 19.4 Å². The summed E-state index contributed by atoms with van der Waals surface area (Å²) in [6, 6.07) is 0. The van der Waals surface area contributed by atoms with Crippen molar-refractivity contribution in [2.75, 3.05) is 7.11 Å². The Balaban J connectivity index is 2.19. The molecule has 0 aromatic rings. The van der Waals surface area contributed by atoms with Gasteiger partial charge in [-0.15, -0.1) is 0 Å². The summed E-state index contributed by atoms with van der Waals surface area (Å²) in [5.74, 6) is 0.663. The number of ketones is 1. The summed E-state index contributed by atoms with van der Waals surface area (Å²) >= 11 is 0. The standard InChI is InChI=1S/C14H26O2Si/c1-16-13(11-7-5-6-8-12(11)15)14(9-10-14)17(2,3)4/h11,13H,5-10H2,1-4H3. The smallest absolute Gasteiger partial charge is 0.138 e. The van der Waals surface area contributed by atoms with E-state index in [2.05, 4.69) is 19.6 Å². The Morgan fingerprint density at radius 2 is 1.94 bits per heavy atom. The average molecular weight is 254 g/mol. The Hall–Kier alpha value is -0.153. The molecule has 0 radical (unpaired) electrons. The molecule has 98 valence electrons. The van der Waals surface area contributed by atoms with Crippen LogP contribution >= 0.6 is 0 Å². The van der Waals surface area contributed by atoms with Crippen LogP contribution in [0.5, 0.6) is 0 Å². The van der Waals surface area contributed by atoms with Gasteiger partial charge in [-0.25, -0.2) is 0 Å². The second-order valence-electron chi connectivity index (χ2n) is 6.88. The Morgan fingerprint density at radius 1 is 1.29 bits per heavy atom. The Kier molecular flexibility index (Phi) is 3.52. The first-order valence-electron chi connectivity index (χ1n) is 6.98. The first-order chi connectivity index (χ1) is 7.92. The fraction of sp³-hybridized carbons (Fsp3) is 0.929. The van der Waals surface area contributed by atoms with Crippen molar-refractivity contribution in [3.63, 3.8) is 0 Å². The summed E-state index contributed by atoms with van der Waals surface area (Å²) in [5.41, 5.74) is 0. The maximum Gasteiger partial charge on any atom is 0.138 e. The van der Waals surface area contributed by atoms with Gasteiger partial charge in [0.2, 0.25) is 0 Å². The monoisotopic (exact) mass is 254 g/mol. The molecule has 0 aromatic carbocycles. The summed E-state index contributed by atoms with van der Waals surface area (Å²) < 4.78 is 5.83. The van der Waals surface area contributed by atoms with E-state index in [0.29, 0.717) is 10.8 Å². The number of rotatable bonds is 4. The van der Waals surface area contributed by atoms with Crippen molar-refractivity contribution in [3.8, 4) is 0 Å². The predicted molar refractivity (Wildman–Crippen MR) is 73.0 cm³/mol. The van der Waals surface area contributed by atoms with E-state index >= 15 is 0 Å². The second kappa shape index (κ2) is 4.50. The van der Waals surface area contributed by atoms with Gasteiger partial charge < -0.3 is 4.74 Å². The van der Waals surface area contributed by atoms with E-state index in [1.54, 1.807) is 0 Å². The first kappa shape index (κ1) is 13.3. The number of carbonyl (C=O) groups is 1. The molecule has 2 rings (SSSR count). The highest BCUT2D eigenvalue weighted by Crippen LogP contribution is 2.65. The van der Waals surface area contributed by atoms with Crippen LogP contribution in [-0.4, -0.2) is 27.1 Å². The van der Waals surface area contributed by atoms with Gasteiger partial charge in [-0.05, 0) is 30.7 Å². The largest absolute Gasteiger partial charge is 0.380 e. The van der Waals surface area contributed by atoms with Crippen molar-refractivity contribution in [3.05, 3.63) is 0 Å². The van der Waals surface area contributed by atoms with Crippen LogP contribution in [0.4, 0.5) is 0 Å². The van der Waals surface area contributed by atoms with Crippen molar-refractivity contribution >= 4 is 13.9 Å². The summed E-state index contributed by atoms with van der Waals surface area (Å²) in [6.45, 7) is 7.29. The van der Waals surface area contributed by atoms with Crippen molar-refractivity contribution in [2.24, 2.45) is 5.92 Å². The summed E-state index contributed by atoms with van der Waals surface area (Å²) in [6.07, 6.45) is 6.91. The molecule has 2 aliphatic carbocycles. The van der Waals surface area contributed by atoms with E-state index in [1.165, 1.54) is 19.3 Å². The van der Waals surface area contributed by atoms with E-state index in [-0.39, 0.29) is 12.0 Å². The van der Waals surface area contributed by atoms with Crippen LogP contribution in [0, 0.1) is 5.92 Å². The SMILES string of the molecule is COC(C1CCCCC1=O)C1([Si](C)(C)C)CC1. The van der Waals surface area contributed by atoms with Gasteiger partial charge in [0.1, 0.15) is 5.78 Å². The molecule has 3 heteroatoms. The number of hydrogen-bond donors (Lipinski definition) is 0. The van der Waals surface area contributed by atoms with E-state index < -0.39 is 8.07 Å². The Morgan fingerprint density at radius 3 is 2.35 bits per heavy atom. The number of ether oxygens (including phenoxy) is 1. The van der Waals surface area contributed by atoms with Crippen LogP contribution in [0.1, 0.15) is 38.5 Å². The van der Waals surface area contributed by atoms with Crippen molar-refractivity contribution in [1.82, 2.24) is 0 Å². The van der Waals surface area contributed by atoms with E-state index in [9.17, 15) is 4.79 Å². The molecule has 2 unspecified atom stereocenters. The highest BCUT2D eigenvalue weighted by atomic mass is 28.3. The highest BCUT2D eigenvalue weighted by molar-refractivity contribution is 6.80. The lowest BCUT2D eigenvalue weighted by Crippen LogP contribution is -2.45. The zero-order valence-electron chi connectivity index (χ0n) is 11.7. The van der Waals surface area contributed by atoms with Gasteiger partial charge >= 0.3 is 0 Å². The molecule has 17 heavy (non-hydrogen) atoms. The van der Waals surface area contributed by atoms with Gasteiger partial charge in [0.15, 0.2) is 0 Å². The molecular formula is C14H26O2Si. The van der Waals surface area contributed by atoms with E-state index in [4.69, 9.17) is 4.74 Å². The lowest BCUT2D eigenvalue weighted by atomic mass is 9.82. The van der Waals surface area contributed by atoms with Crippen LogP contribution in [0.25, 0.3) is 0 Å². The molecule has 0 spiro atoms. The quantitative estimate of drug-likeness (QED) is 0.716. The number of hydrogen-bond acceptors (Lipinski definition) is 2. The van der Waals surface area contributed by atoms with Crippen molar-refractivity contribution in [1.29, 1.82) is 0 Å². The molecule has 0 heterocycles. The van der Waals surface area contributed by atoms with Crippen LogP contribution < -0.4 is 0 Å². The molecule has 0 aromatic heterocycles. The minimum atomic E-state index is -1.25. The normalized spacial score (nSPS) is 30.1. The fourth-order valence-electron chi connectivity index (χ4n) is 3.70. The van der Waals surface area contributed by atoms with Crippen LogP contribution in [0.3, 0.4) is 0 Å². The van der Waals surface area contributed by atoms with Gasteiger partial charge in [0.25, 0.3) is 0 Å². The lowest BCUT2D eigenvalue weighted by molar-refractivity contribution is -0.130. The molecule has 0 amide bonds. The molecular weight excluding hydrogens is 228 g/mol. The minimum Gasteiger partial charge on any atom is -0.380 e. The first-order valence-corrected chi connectivity index (χ1v) is 10.5. The number of methoxy groups -OCH3 is 1. The molecule has 0 saturated heterocycles. The molecule has 2 nitrogen and oxygen atoms in total. The second-order valence-corrected chi connectivity index (χ2v) is 12.4. The molecule has 0 bridgehead atoms. The summed E-state index contributed by atoms with van der Waals surface area (Å²) in [5, 5.41) is 0.388. The van der Waals surface area contributed by atoms with Crippen molar-refractivity contribution in [2.45, 2.75) is 69.3 Å². The Labute approximate surface area is 106 Å². The third-order valence-corrected chi connectivity index (χ3v) is 8.82. The molecule has 2 fully saturated rings. The Bertz CT molecular complexity index is 302. The van der Waals surface area contributed by atoms with Gasteiger partial charge in [-0.3, -0.25) is 4.79 Å². The third-order valence-electron chi connectivity index (χ3n) is 5.05. The third kappa shape index (κ3) is 2.24. The number of carbonyl (C=O) groups excluding carboxylic acids is 1. The highest BCUT2D eigenvalue weighted by Gasteiger charge is 2.60. The molecule has 2 saturated carbocycles. The van der Waals surface area contributed by atoms with Gasteiger partial charge in [-0.1, -0.05) is 26.1 Å². The summed E-state index contributed by atoms with van der Waals surface area (Å²) in [4.78, 5) is 12.1. The number of Topliss-reactive ketones (excluding diaryl/α,β-unsaturated/α-hetero) is 1. The predicted octanol–water partition coefficient (Wildman–Crippen LogP) is 3.63. The zero-order valence-corrected chi connectivity index (χ0v) is 12.7. The molecule has 0 N–H and O–H groups in total. The lowest BCUT2D eigenvalue weighted by Gasteiger charge is -2.40. The molecule has 2 aliphatic rings. The van der Waals surface area contributed by atoms with Crippen LogP contribution in [0.15, 0.2) is 0 Å². The van der Waals surface area contributed by atoms with E-state index in [0.717, 1.165) is 19.3 Å². The molecule has 2 atom stereocenters.